The van der Waals surface area contributed by atoms with Gasteiger partial charge in [0.15, 0.2) is 0 Å². The highest BCUT2D eigenvalue weighted by Crippen LogP contribution is 1.99. The van der Waals surface area contributed by atoms with Crippen molar-refractivity contribution in [1.29, 1.82) is 0 Å². The molecule has 0 rings (SSSR count). The molecule has 0 amide bonds. The lowest BCUT2D eigenvalue weighted by Gasteiger charge is -2.13. The molecule has 0 aliphatic rings. The molecular weight excluding hydrogens is 169 g/mol. The molecule has 0 aromatic heterocycles. The second-order valence-electron chi connectivity index (χ2n) is 2.24. The molecule has 0 aromatic carbocycles. The number of hydrogen-bond acceptors (Lipinski definition) is 1. The summed E-state index contributed by atoms with van der Waals surface area (Å²) in [7, 11) is 0. The lowest BCUT2D eigenvalue weighted by Crippen LogP contribution is -2.32. The highest BCUT2D eigenvalue weighted by atomic mass is 35.5. The zero-order valence-corrected chi connectivity index (χ0v) is 7.78. The van der Waals surface area contributed by atoms with Gasteiger partial charge in [0.2, 0.25) is 0 Å². The Hall–Kier alpha value is 0.280. The third-order valence-electron chi connectivity index (χ3n) is 1.34. The van der Waals surface area contributed by atoms with Gasteiger partial charge in [0.1, 0.15) is 0 Å². The molecule has 0 spiro atoms. The Kier molecular flexibility index (Phi) is 6.19. The van der Waals surface area contributed by atoms with E-state index in [1.807, 2.05) is 19.9 Å². The molecule has 60 valence electrons. The number of hydrogen-bond donors (Lipinski definition) is 1. The van der Waals surface area contributed by atoms with Crippen LogP contribution in [-0.2, 0) is 0 Å². The van der Waals surface area contributed by atoms with Crippen LogP contribution in [0.4, 0.5) is 0 Å². The molecule has 0 bridgehead atoms. The number of halogens is 2. The maximum absolute atomic E-state index is 5.79. The van der Waals surface area contributed by atoms with Gasteiger partial charge in [-0.05, 0) is 13.8 Å². The van der Waals surface area contributed by atoms with Crippen molar-refractivity contribution >= 4 is 23.2 Å². The largest absolute Gasteiger partial charge is 0.309 e. The molecule has 0 radical (unpaired) electrons. The number of nitrogens with one attached hydrogen (secondary N) is 1. The van der Waals surface area contributed by atoms with E-state index >= 15 is 0 Å². The van der Waals surface area contributed by atoms with Gasteiger partial charge >= 0.3 is 0 Å². The van der Waals surface area contributed by atoms with E-state index in [-0.39, 0.29) is 5.38 Å². The summed E-state index contributed by atoms with van der Waals surface area (Å²) in [5, 5.41) is 3.34. The van der Waals surface area contributed by atoms with Gasteiger partial charge < -0.3 is 5.32 Å². The first-order chi connectivity index (χ1) is 4.68. The SMILES string of the molecule is CC(Cl)C(C)NC/C=C/Cl. The number of rotatable bonds is 4. The van der Waals surface area contributed by atoms with Crippen molar-refractivity contribution in [1.82, 2.24) is 5.32 Å². The summed E-state index contributed by atoms with van der Waals surface area (Å²) in [6.07, 6.45) is 1.84. The van der Waals surface area contributed by atoms with Gasteiger partial charge in [0.25, 0.3) is 0 Å². The van der Waals surface area contributed by atoms with E-state index in [1.54, 1.807) is 0 Å². The molecule has 0 fully saturated rings. The first-order valence-corrected chi connectivity index (χ1v) is 4.18. The monoisotopic (exact) mass is 181 g/mol. The van der Waals surface area contributed by atoms with Crippen LogP contribution in [0.1, 0.15) is 13.8 Å². The molecule has 0 aromatic rings. The Bertz CT molecular complexity index is 102. The van der Waals surface area contributed by atoms with Gasteiger partial charge in [0, 0.05) is 23.5 Å². The second kappa shape index (κ2) is 6.02. The Morgan fingerprint density at radius 3 is 2.50 bits per heavy atom. The van der Waals surface area contributed by atoms with Crippen molar-refractivity contribution in [3.63, 3.8) is 0 Å². The molecule has 2 unspecified atom stereocenters. The normalized spacial score (nSPS) is 17.6. The highest BCUT2D eigenvalue weighted by molar-refractivity contribution is 6.25. The number of alkyl halides is 1. The highest BCUT2D eigenvalue weighted by Gasteiger charge is 2.05. The Balaban J connectivity index is 3.30. The van der Waals surface area contributed by atoms with Crippen LogP contribution < -0.4 is 5.32 Å². The maximum atomic E-state index is 5.79. The molecule has 1 nitrogen and oxygen atoms in total. The zero-order valence-electron chi connectivity index (χ0n) is 6.27. The molecule has 0 saturated carbocycles. The van der Waals surface area contributed by atoms with Crippen LogP contribution in [-0.4, -0.2) is 18.0 Å². The summed E-state index contributed by atoms with van der Waals surface area (Å²) in [4.78, 5) is 0. The van der Waals surface area contributed by atoms with Crippen molar-refractivity contribution in [2.24, 2.45) is 0 Å². The summed E-state index contributed by atoms with van der Waals surface area (Å²) in [6.45, 7) is 4.78. The van der Waals surface area contributed by atoms with E-state index in [2.05, 4.69) is 5.32 Å². The van der Waals surface area contributed by atoms with Gasteiger partial charge in [-0.1, -0.05) is 17.7 Å². The molecule has 3 heteroatoms. The van der Waals surface area contributed by atoms with Crippen molar-refractivity contribution < 1.29 is 0 Å². The lowest BCUT2D eigenvalue weighted by molar-refractivity contribution is 0.573. The van der Waals surface area contributed by atoms with Crippen LogP contribution in [0.15, 0.2) is 11.6 Å². The van der Waals surface area contributed by atoms with Crippen molar-refractivity contribution in [3.8, 4) is 0 Å². The van der Waals surface area contributed by atoms with Gasteiger partial charge in [-0.15, -0.1) is 11.6 Å². The summed E-state index contributed by atoms with van der Waals surface area (Å²) < 4.78 is 0. The smallest absolute Gasteiger partial charge is 0.0458 e. The second-order valence-corrected chi connectivity index (χ2v) is 3.18. The summed E-state index contributed by atoms with van der Waals surface area (Å²) in [5.74, 6) is 0. The van der Waals surface area contributed by atoms with Crippen LogP contribution in [0.2, 0.25) is 0 Å². The molecule has 1 N–H and O–H groups in total. The molecule has 0 aliphatic carbocycles. The minimum absolute atomic E-state index is 0.156. The quantitative estimate of drug-likeness (QED) is 0.658. The van der Waals surface area contributed by atoms with Crippen LogP contribution >= 0.6 is 23.2 Å². The molecule has 0 saturated heterocycles. The first-order valence-electron chi connectivity index (χ1n) is 3.31. The van der Waals surface area contributed by atoms with E-state index in [0.29, 0.717) is 6.04 Å². The topological polar surface area (TPSA) is 12.0 Å². The molecule has 0 heterocycles. The average Bonchev–Trinajstić information content (AvgIpc) is 1.88. The van der Waals surface area contributed by atoms with Crippen molar-refractivity contribution in [3.05, 3.63) is 11.6 Å². The van der Waals surface area contributed by atoms with Crippen molar-refractivity contribution in [2.45, 2.75) is 25.3 Å². The fraction of sp³-hybridized carbons (Fsp3) is 0.714. The van der Waals surface area contributed by atoms with E-state index in [0.717, 1.165) is 6.54 Å². The first kappa shape index (κ1) is 10.3. The molecule has 10 heavy (non-hydrogen) atoms. The Morgan fingerprint density at radius 1 is 1.50 bits per heavy atom. The Morgan fingerprint density at radius 2 is 2.10 bits per heavy atom. The maximum Gasteiger partial charge on any atom is 0.0458 e. The zero-order chi connectivity index (χ0) is 7.98. The van der Waals surface area contributed by atoms with Gasteiger partial charge in [-0.3, -0.25) is 0 Å². The third-order valence-corrected chi connectivity index (χ3v) is 1.89. The predicted octanol–water partition coefficient (Wildman–Crippen LogP) is 2.34. The van der Waals surface area contributed by atoms with E-state index < -0.39 is 0 Å². The van der Waals surface area contributed by atoms with Crippen LogP contribution in [0.25, 0.3) is 0 Å². The Labute approximate surface area is 72.4 Å². The lowest BCUT2D eigenvalue weighted by atomic mass is 10.2. The fourth-order valence-electron chi connectivity index (χ4n) is 0.461. The van der Waals surface area contributed by atoms with Gasteiger partial charge in [-0.2, -0.15) is 0 Å². The molecule has 2 atom stereocenters. The molecular formula is C7H13Cl2N. The van der Waals surface area contributed by atoms with Gasteiger partial charge in [-0.25, -0.2) is 0 Å². The third kappa shape index (κ3) is 5.10. The standard InChI is InChI=1S/C7H13Cl2N/c1-6(9)7(2)10-5-3-4-8/h3-4,6-7,10H,5H2,1-2H3/b4-3+. The van der Waals surface area contributed by atoms with Crippen molar-refractivity contribution in [2.75, 3.05) is 6.54 Å². The summed E-state index contributed by atoms with van der Waals surface area (Å²) in [5.41, 5.74) is 1.50. The minimum atomic E-state index is 0.156. The van der Waals surface area contributed by atoms with Crippen LogP contribution in [0.5, 0.6) is 0 Å². The van der Waals surface area contributed by atoms with Gasteiger partial charge in [0.05, 0.1) is 0 Å². The minimum Gasteiger partial charge on any atom is -0.309 e. The molecule has 0 aliphatic heterocycles. The van der Waals surface area contributed by atoms with Crippen LogP contribution in [0.3, 0.4) is 0 Å². The summed E-state index contributed by atoms with van der Waals surface area (Å²) in [6, 6.07) is 0.328. The average molecular weight is 182 g/mol. The fourth-order valence-corrected chi connectivity index (χ4v) is 0.639. The van der Waals surface area contributed by atoms with E-state index in [1.165, 1.54) is 5.54 Å². The van der Waals surface area contributed by atoms with E-state index in [4.69, 9.17) is 23.2 Å². The van der Waals surface area contributed by atoms with E-state index in [9.17, 15) is 0 Å². The summed E-state index contributed by atoms with van der Waals surface area (Å²) >= 11 is 11.1. The predicted molar refractivity (Wildman–Crippen MR) is 47.8 cm³/mol. The van der Waals surface area contributed by atoms with Crippen LogP contribution in [0, 0.1) is 0 Å².